The van der Waals surface area contributed by atoms with Crippen LogP contribution < -0.4 is 0 Å². The van der Waals surface area contributed by atoms with Crippen molar-refractivity contribution in [3.05, 3.63) is 11.1 Å². The largest absolute Gasteiger partial charge is 0.347 e. The van der Waals surface area contributed by atoms with E-state index in [4.69, 9.17) is 0 Å². The quantitative estimate of drug-likeness (QED) is 0.442. The fourth-order valence-electron chi connectivity index (χ4n) is 2.12. The van der Waals surface area contributed by atoms with E-state index in [1.165, 1.54) is 0 Å². The van der Waals surface area contributed by atoms with Crippen molar-refractivity contribution in [3.63, 3.8) is 0 Å². The number of rotatable bonds is 6. The second-order valence-corrected chi connectivity index (χ2v) is 8.57. The molecule has 0 rings (SSSR count). The normalized spacial score (nSPS) is 13.6. The van der Waals surface area contributed by atoms with Crippen molar-refractivity contribution in [1.29, 1.82) is 0 Å². The Morgan fingerprint density at radius 2 is 1.22 bits per heavy atom. The van der Waals surface area contributed by atoms with Crippen molar-refractivity contribution >= 4 is 15.2 Å². The standard InChI is InChI=1S/C10H22O6P2/c1-5-8(6-2)9(7-3)10(4,17(11,12)13)18(14,15)16/h5-7H2,1-4H3,(H2,11,12,13)(H2,14,15,16). The highest BCUT2D eigenvalue weighted by Crippen LogP contribution is 2.72. The van der Waals surface area contributed by atoms with E-state index in [9.17, 15) is 28.7 Å². The van der Waals surface area contributed by atoms with E-state index >= 15 is 0 Å². The van der Waals surface area contributed by atoms with Crippen LogP contribution in [0.3, 0.4) is 0 Å². The Hall–Kier alpha value is 0.0400. The van der Waals surface area contributed by atoms with E-state index in [-0.39, 0.29) is 12.0 Å². The zero-order chi connectivity index (χ0) is 14.8. The molecule has 18 heavy (non-hydrogen) atoms. The van der Waals surface area contributed by atoms with Crippen molar-refractivity contribution in [2.75, 3.05) is 0 Å². The molecule has 8 heteroatoms. The Morgan fingerprint density at radius 3 is 1.39 bits per heavy atom. The molecule has 0 heterocycles. The maximum Gasteiger partial charge on any atom is 0.347 e. The van der Waals surface area contributed by atoms with Gasteiger partial charge in [-0.25, -0.2) is 0 Å². The van der Waals surface area contributed by atoms with Gasteiger partial charge in [-0.3, -0.25) is 9.13 Å². The van der Waals surface area contributed by atoms with Gasteiger partial charge in [0.25, 0.3) is 0 Å². The molecule has 0 saturated heterocycles. The van der Waals surface area contributed by atoms with Gasteiger partial charge in [-0.2, -0.15) is 0 Å². The van der Waals surface area contributed by atoms with Crippen LogP contribution in [0.25, 0.3) is 0 Å². The SMILES string of the molecule is CCC(CC)=C(CC)C(C)(P(=O)(O)O)P(=O)(O)O. The zero-order valence-corrected chi connectivity index (χ0v) is 12.9. The van der Waals surface area contributed by atoms with Crippen LogP contribution in [0.4, 0.5) is 0 Å². The summed E-state index contributed by atoms with van der Waals surface area (Å²) in [6, 6.07) is 0. The molecule has 6 nitrogen and oxygen atoms in total. The monoisotopic (exact) mass is 300 g/mol. The minimum atomic E-state index is -4.98. The molecular formula is C10H22O6P2. The molecule has 0 aromatic heterocycles. The van der Waals surface area contributed by atoms with Crippen LogP contribution in [0.5, 0.6) is 0 Å². The van der Waals surface area contributed by atoms with Crippen molar-refractivity contribution in [2.45, 2.75) is 51.9 Å². The molecular weight excluding hydrogens is 278 g/mol. The predicted octanol–water partition coefficient (Wildman–Crippen LogP) is 2.58. The molecule has 0 aromatic rings. The third-order valence-corrected chi connectivity index (χ3v) is 7.71. The van der Waals surface area contributed by atoms with Gasteiger partial charge in [0.2, 0.25) is 0 Å². The molecule has 108 valence electrons. The average molecular weight is 300 g/mol. The number of allylic oxidation sites excluding steroid dienone is 2. The Bertz CT molecular complexity index is 388. The summed E-state index contributed by atoms with van der Waals surface area (Å²) in [5.41, 5.74) is 0.862. The lowest BCUT2D eigenvalue weighted by atomic mass is 9.98. The summed E-state index contributed by atoms with van der Waals surface area (Å²) >= 11 is 0. The topological polar surface area (TPSA) is 115 Å². The highest BCUT2D eigenvalue weighted by atomic mass is 31.2. The second-order valence-electron chi connectivity index (χ2n) is 4.25. The van der Waals surface area contributed by atoms with Gasteiger partial charge in [0.1, 0.15) is 0 Å². The molecule has 0 radical (unpaired) electrons. The van der Waals surface area contributed by atoms with Crippen LogP contribution >= 0.6 is 15.2 Å². The van der Waals surface area contributed by atoms with E-state index < -0.39 is 20.1 Å². The van der Waals surface area contributed by atoms with E-state index in [0.717, 1.165) is 6.92 Å². The zero-order valence-electron chi connectivity index (χ0n) is 11.1. The Morgan fingerprint density at radius 1 is 0.889 bits per heavy atom. The lowest BCUT2D eigenvalue weighted by molar-refractivity contribution is 0.321. The van der Waals surface area contributed by atoms with Crippen LogP contribution in [0, 0.1) is 0 Å². The maximum absolute atomic E-state index is 11.6. The molecule has 0 atom stereocenters. The molecule has 0 aliphatic rings. The van der Waals surface area contributed by atoms with Crippen LogP contribution in [0.2, 0.25) is 0 Å². The third kappa shape index (κ3) is 3.13. The van der Waals surface area contributed by atoms with Crippen molar-refractivity contribution in [2.24, 2.45) is 0 Å². The predicted molar refractivity (Wildman–Crippen MR) is 70.4 cm³/mol. The van der Waals surface area contributed by atoms with Crippen molar-refractivity contribution < 1.29 is 28.7 Å². The summed E-state index contributed by atoms with van der Waals surface area (Å²) in [4.78, 5) is 35.2. The van der Waals surface area contributed by atoms with Gasteiger partial charge >= 0.3 is 15.2 Å². The van der Waals surface area contributed by atoms with E-state index in [2.05, 4.69) is 0 Å². The van der Waals surface area contributed by atoms with Crippen molar-refractivity contribution in [1.82, 2.24) is 0 Å². The van der Waals surface area contributed by atoms with Crippen LogP contribution in [0.1, 0.15) is 47.0 Å². The van der Waals surface area contributed by atoms with Gasteiger partial charge in [-0.1, -0.05) is 26.3 Å². The number of hydrogen-bond donors (Lipinski definition) is 4. The minimum Gasteiger partial charge on any atom is -0.323 e. The van der Waals surface area contributed by atoms with Gasteiger partial charge in [0.15, 0.2) is 4.90 Å². The highest BCUT2D eigenvalue weighted by molar-refractivity contribution is 7.72. The molecule has 0 saturated carbocycles. The van der Waals surface area contributed by atoms with Crippen LogP contribution in [-0.4, -0.2) is 24.5 Å². The summed E-state index contributed by atoms with van der Waals surface area (Å²) in [6.45, 7) is 6.20. The average Bonchev–Trinajstić information content (AvgIpc) is 2.21. The Balaban J connectivity index is 6.31. The first-order valence-electron chi connectivity index (χ1n) is 5.79. The molecule has 4 N–H and O–H groups in total. The summed E-state index contributed by atoms with van der Waals surface area (Å²) in [5.74, 6) is 0. The molecule has 0 aliphatic heterocycles. The summed E-state index contributed by atoms with van der Waals surface area (Å²) < 4.78 is 23.2. The first-order chi connectivity index (χ1) is 7.97. The van der Waals surface area contributed by atoms with Crippen molar-refractivity contribution in [3.8, 4) is 0 Å². The first-order valence-corrected chi connectivity index (χ1v) is 9.02. The lowest BCUT2D eigenvalue weighted by Crippen LogP contribution is -2.28. The molecule has 0 spiro atoms. The van der Waals surface area contributed by atoms with Gasteiger partial charge in [0.05, 0.1) is 0 Å². The molecule has 0 aliphatic carbocycles. The van der Waals surface area contributed by atoms with E-state index in [1.54, 1.807) is 20.8 Å². The molecule has 0 unspecified atom stereocenters. The van der Waals surface area contributed by atoms with Gasteiger partial charge < -0.3 is 19.6 Å². The first kappa shape index (κ1) is 18.0. The highest BCUT2D eigenvalue weighted by Gasteiger charge is 2.58. The Labute approximate surface area is 107 Å². The third-order valence-electron chi connectivity index (χ3n) is 3.34. The second kappa shape index (κ2) is 6.00. The molecule has 0 aromatic carbocycles. The summed E-state index contributed by atoms with van der Waals surface area (Å²) in [6.07, 6.45) is 1.22. The fraction of sp³-hybridized carbons (Fsp3) is 0.800. The maximum atomic E-state index is 11.6. The molecule has 0 bridgehead atoms. The summed E-state index contributed by atoms with van der Waals surface area (Å²) in [7, 11) is -9.97. The summed E-state index contributed by atoms with van der Waals surface area (Å²) in [5, 5.41) is 0. The van der Waals surface area contributed by atoms with Gasteiger partial charge in [-0.05, 0) is 31.8 Å². The van der Waals surface area contributed by atoms with Crippen LogP contribution in [0.15, 0.2) is 11.1 Å². The molecule has 0 amide bonds. The fourth-order valence-corrected chi connectivity index (χ4v) is 4.81. The van der Waals surface area contributed by atoms with E-state index in [1.807, 2.05) is 0 Å². The van der Waals surface area contributed by atoms with Gasteiger partial charge in [0, 0.05) is 0 Å². The smallest absolute Gasteiger partial charge is 0.323 e. The Kier molecular flexibility index (Phi) is 6.01. The van der Waals surface area contributed by atoms with Gasteiger partial charge in [-0.15, -0.1) is 0 Å². The minimum absolute atomic E-state index is 0.175. The lowest BCUT2D eigenvalue weighted by Gasteiger charge is -2.34. The van der Waals surface area contributed by atoms with E-state index in [0.29, 0.717) is 18.4 Å². The number of hydrogen-bond acceptors (Lipinski definition) is 2. The molecule has 0 fully saturated rings. The van der Waals surface area contributed by atoms with Crippen LogP contribution in [-0.2, 0) is 9.13 Å².